The van der Waals surface area contributed by atoms with Gasteiger partial charge < -0.3 is 4.57 Å². The fraction of sp³-hybridized carbons (Fsp3) is 0. The second-order valence-electron chi connectivity index (χ2n) is 4.59. The zero-order valence-electron chi connectivity index (χ0n) is 11.0. The van der Waals surface area contributed by atoms with Gasteiger partial charge in [-0.05, 0) is 54.6 Å². The van der Waals surface area contributed by atoms with E-state index < -0.39 is 0 Å². The molecule has 0 amide bonds. The molecule has 0 aliphatic rings. The van der Waals surface area contributed by atoms with Crippen LogP contribution in [0.25, 0.3) is 5.69 Å². The number of nitrogens with zero attached hydrogens (tertiary/aromatic N) is 1. The lowest BCUT2D eigenvalue weighted by molar-refractivity contribution is 0.103. The number of ketones is 1. The monoisotopic (exact) mass is 315 g/mol. The molecule has 0 unspecified atom stereocenters. The lowest BCUT2D eigenvalue weighted by Gasteiger charge is -2.06. The number of halogens is 2. The Morgan fingerprint density at radius 3 is 2.24 bits per heavy atom. The molecule has 3 rings (SSSR count). The molecule has 104 valence electrons. The molecule has 0 N–H and O–H groups in total. The molecule has 2 nitrogen and oxygen atoms in total. The van der Waals surface area contributed by atoms with E-state index in [0.29, 0.717) is 21.2 Å². The number of carbonyl (C=O) groups excluding carboxylic acids is 1. The average molecular weight is 316 g/mol. The van der Waals surface area contributed by atoms with Crippen molar-refractivity contribution < 1.29 is 4.79 Å². The molecule has 4 heteroatoms. The molecule has 0 fully saturated rings. The van der Waals surface area contributed by atoms with Gasteiger partial charge in [0.25, 0.3) is 0 Å². The first kappa shape index (κ1) is 13.9. The van der Waals surface area contributed by atoms with Crippen LogP contribution in [0.15, 0.2) is 67.0 Å². The molecule has 3 aromatic rings. The number of carbonyl (C=O) groups is 1. The molecular formula is C17H11Cl2NO. The van der Waals surface area contributed by atoms with Gasteiger partial charge in [0.2, 0.25) is 0 Å². The molecule has 0 atom stereocenters. The third kappa shape index (κ3) is 2.87. The van der Waals surface area contributed by atoms with Gasteiger partial charge in [0.15, 0.2) is 5.78 Å². The van der Waals surface area contributed by atoms with Gasteiger partial charge in [-0.15, -0.1) is 0 Å². The summed E-state index contributed by atoms with van der Waals surface area (Å²) in [4.78, 5) is 12.5. The van der Waals surface area contributed by atoms with E-state index in [-0.39, 0.29) is 5.78 Å². The van der Waals surface area contributed by atoms with Crippen molar-refractivity contribution >= 4 is 29.0 Å². The topological polar surface area (TPSA) is 22.0 Å². The van der Waals surface area contributed by atoms with Crippen LogP contribution < -0.4 is 0 Å². The Balaban J connectivity index is 1.93. The van der Waals surface area contributed by atoms with Crippen molar-refractivity contribution in [3.63, 3.8) is 0 Å². The van der Waals surface area contributed by atoms with Crippen LogP contribution >= 0.6 is 23.2 Å². The normalized spacial score (nSPS) is 10.6. The summed E-state index contributed by atoms with van der Waals surface area (Å²) < 4.78 is 1.97. The molecule has 21 heavy (non-hydrogen) atoms. The maximum atomic E-state index is 12.5. The number of benzene rings is 2. The largest absolute Gasteiger partial charge is 0.324 e. The maximum absolute atomic E-state index is 12.5. The van der Waals surface area contributed by atoms with E-state index in [1.165, 1.54) is 0 Å². The van der Waals surface area contributed by atoms with Crippen LogP contribution in [0.5, 0.6) is 0 Å². The van der Waals surface area contributed by atoms with Crippen molar-refractivity contribution in [2.24, 2.45) is 0 Å². The van der Waals surface area contributed by atoms with Gasteiger partial charge in [-0.2, -0.15) is 0 Å². The van der Waals surface area contributed by atoms with Crippen LogP contribution in [-0.4, -0.2) is 10.4 Å². The van der Waals surface area contributed by atoms with E-state index >= 15 is 0 Å². The Hall–Kier alpha value is -2.03. The minimum atomic E-state index is -0.137. The molecule has 1 heterocycles. The lowest BCUT2D eigenvalue weighted by atomic mass is 10.0. The Kier molecular flexibility index (Phi) is 3.82. The predicted octanol–water partition coefficient (Wildman–Crippen LogP) is 5.02. The van der Waals surface area contributed by atoms with Gasteiger partial charge in [0, 0.05) is 34.2 Å². The fourth-order valence-corrected chi connectivity index (χ4v) is 2.49. The highest BCUT2D eigenvalue weighted by molar-refractivity contribution is 6.36. The summed E-state index contributed by atoms with van der Waals surface area (Å²) in [6.07, 6.45) is 3.90. The summed E-state index contributed by atoms with van der Waals surface area (Å²) in [5.41, 5.74) is 1.99. The van der Waals surface area contributed by atoms with Crippen molar-refractivity contribution in [2.75, 3.05) is 0 Å². The highest BCUT2D eigenvalue weighted by atomic mass is 35.5. The van der Waals surface area contributed by atoms with Crippen molar-refractivity contribution in [3.8, 4) is 5.69 Å². The van der Waals surface area contributed by atoms with E-state index in [2.05, 4.69) is 0 Å². The molecule has 0 aliphatic heterocycles. The third-order valence-electron chi connectivity index (χ3n) is 3.21. The van der Waals surface area contributed by atoms with E-state index in [9.17, 15) is 4.79 Å². The average Bonchev–Trinajstić information content (AvgIpc) is 3.03. The number of hydrogen-bond acceptors (Lipinski definition) is 1. The van der Waals surface area contributed by atoms with Crippen LogP contribution in [0, 0.1) is 0 Å². The molecule has 0 bridgehead atoms. The summed E-state index contributed by atoms with van der Waals surface area (Å²) >= 11 is 12.0. The van der Waals surface area contributed by atoms with Crippen LogP contribution in [0.3, 0.4) is 0 Å². The van der Waals surface area contributed by atoms with Crippen molar-refractivity contribution in [1.29, 1.82) is 0 Å². The first-order chi connectivity index (χ1) is 10.1. The Morgan fingerprint density at radius 1 is 0.905 bits per heavy atom. The molecule has 0 saturated carbocycles. The Morgan fingerprint density at radius 2 is 1.57 bits per heavy atom. The second kappa shape index (κ2) is 5.76. The molecular weight excluding hydrogens is 305 g/mol. The summed E-state index contributed by atoms with van der Waals surface area (Å²) in [5, 5.41) is 0.894. The van der Waals surface area contributed by atoms with Gasteiger partial charge in [-0.3, -0.25) is 4.79 Å². The molecule has 0 saturated heterocycles. The second-order valence-corrected chi connectivity index (χ2v) is 5.43. The lowest BCUT2D eigenvalue weighted by Crippen LogP contribution is -2.02. The van der Waals surface area contributed by atoms with E-state index in [1.807, 2.05) is 41.2 Å². The standard InChI is InChI=1S/C17H11Cl2NO/c18-13-5-8-16(19)15(11-13)17(21)12-3-6-14(7-4-12)20-9-1-2-10-20/h1-11H. The highest BCUT2D eigenvalue weighted by Gasteiger charge is 2.13. The first-order valence-electron chi connectivity index (χ1n) is 6.38. The third-order valence-corrected chi connectivity index (χ3v) is 3.77. The van der Waals surface area contributed by atoms with Gasteiger partial charge in [0.1, 0.15) is 0 Å². The first-order valence-corrected chi connectivity index (χ1v) is 7.14. The molecule has 0 spiro atoms. The zero-order chi connectivity index (χ0) is 14.8. The predicted molar refractivity (Wildman–Crippen MR) is 85.7 cm³/mol. The van der Waals surface area contributed by atoms with E-state index in [0.717, 1.165) is 5.69 Å². The van der Waals surface area contributed by atoms with Crippen molar-refractivity contribution in [1.82, 2.24) is 4.57 Å². The fourth-order valence-electron chi connectivity index (χ4n) is 2.12. The zero-order valence-corrected chi connectivity index (χ0v) is 12.5. The summed E-state index contributed by atoms with van der Waals surface area (Å²) in [6.45, 7) is 0. The number of aromatic nitrogens is 1. The Bertz CT molecular complexity index is 777. The summed E-state index contributed by atoms with van der Waals surface area (Å²) in [5.74, 6) is -0.137. The van der Waals surface area contributed by atoms with Crippen molar-refractivity contribution in [2.45, 2.75) is 0 Å². The van der Waals surface area contributed by atoms with Crippen LogP contribution in [0.4, 0.5) is 0 Å². The maximum Gasteiger partial charge on any atom is 0.194 e. The van der Waals surface area contributed by atoms with Gasteiger partial charge in [-0.1, -0.05) is 23.2 Å². The van der Waals surface area contributed by atoms with Gasteiger partial charge >= 0.3 is 0 Å². The molecule has 2 aromatic carbocycles. The molecule has 1 aromatic heterocycles. The molecule has 0 radical (unpaired) electrons. The van der Waals surface area contributed by atoms with Gasteiger partial charge in [0.05, 0.1) is 5.02 Å². The molecule has 0 aliphatic carbocycles. The number of rotatable bonds is 3. The summed E-state index contributed by atoms with van der Waals surface area (Å²) in [7, 11) is 0. The van der Waals surface area contributed by atoms with Crippen LogP contribution in [-0.2, 0) is 0 Å². The number of hydrogen-bond donors (Lipinski definition) is 0. The van der Waals surface area contributed by atoms with Crippen LogP contribution in [0.2, 0.25) is 10.0 Å². The SMILES string of the molecule is O=C(c1ccc(-n2cccc2)cc1)c1cc(Cl)ccc1Cl. The summed E-state index contributed by atoms with van der Waals surface area (Å²) in [6, 6.07) is 16.1. The van der Waals surface area contributed by atoms with Crippen LogP contribution in [0.1, 0.15) is 15.9 Å². The minimum absolute atomic E-state index is 0.137. The quantitative estimate of drug-likeness (QED) is 0.622. The highest BCUT2D eigenvalue weighted by Crippen LogP contribution is 2.23. The minimum Gasteiger partial charge on any atom is -0.324 e. The van der Waals surface area contributed by atoms with E-state index in [4.69, 9.17) is 23.2 Å². The smallest absolute Gasteiger partial charge is 0.194 e. The van der Waals surface area contributed by atoms with Gasteiger partial charge in [-0.25, -0.2) is 0 Å². The van der Waals surface area contributed by atoms with Crippen molar-refractivity contribution in [3.05, 3.63) is 88.2 Å². The Labute approximate surface area is 132 Å². The van der Waals surface area contributed by atoms with E-state index in [1.54, 1.807) is 30.3 Å².